The Labute approximate surface area is 130 Å². The molecule has 0 radical (unpaired) electrons. The summed E-state index contributed by atoms with van der Waals surface area (Å²) in [5, 5.41) is 3.51. The molecule has 2 atom stereocenters. The summed E-state index contributed by atoms with van der Waals surface area (Å²) in [5.74, 6) is 0.899. The second kappa shape index (κ2) is 8.55. The van der Waals surface area contributed by atoms with E-state index in [1.807, 2.05) is 0 Å². The van der Waals surface area contributed by atoms with E-state index in [1.54, 1.807) is 0 Å². The van der Waals surface area contributed by atoms with Crippen LogP contribution in [0.2, 0.25) is 0 Å². The van der Waals surface area contributed by atoms with Crippen LogP contribution in [0.1, 0.15) is 56.7 Å². The maximum absolute atomic E-state index is 3.51. The number of hydrogen-bond acceptors (Lipinski definition) is 2. The van der Waals surface area contributed by atoms with Crippen LogP contribution >= 0.6 is 0 Å². The largest absolute Gasteiger partial charge is 0.312 e. The molecule has 21 heavy (non-hydrogen) atoms. The van der Waals surface area contributed by atoms with Crippen LogP contribution in [-0.4, -0.2) is 31.6 Å². The fraction of sp³-hybridized carbons (Fsp3) is 0.684. The molecule has 0 spiro atoms. The molecule has 1 heterocycles. The summed E-state index contributed by atoms with van der Waals surface area (Å²) in [6.45, 7) is 8.29. The Morgan fingerprint density at radius 3 is 2.62 bits per heavy atom. The SMILES string of the molecule is CCCc1ccc(C(CN2CCCC(C)CC2)NC)cc1. The van der Waals surface area contributed by atoms with Crippen molar-refractivity contribution in [3.8, 4) is 0 Å². The predicted octanol–water partition coefficient (Wildman–Crippen LogP) is 4.02. The van der Waals surface area contributed by atoms with Crippen molar-refractivity contribution in [1.29, 1.82) is 0 Å². The lowest BCUT2D eigenvalue weighted by atomic mass is 10.0. The monoisotopic (exact) mass is 288 g/mol. The Kier molecular flexibility index (Phi) is 6.72. The number of nitrogens with zero attached hydrogens (tertiary/aromatic N) is 1. The van der Waals surface area contributed by atoms with Gasteiger partial charge in [-0.25, -0.2) is 0 Å². The maximum Gasteiger partial charge on any atom is 0.0446 e. The van der Waals surface area contributed by atoms with Gasteiger partial charge in [0.2, 0.25) is 0 Å². The first kappa shape index (κ1) is 16.5. The average Bonchev–Trinajstić information content (AvgIpc) is 2.71. The van der Waals surface area contributed by atoms with Gasteiger partial charge in [-0.3, -0.25) is 0 Å². The van der Waals surface area contributed by atoms with E-state index in [1.165, 1.54) is 56.3 Å². The number of aryl methyl sites for hydroxylation is 1. The van der Waals surface area contributed by atoms with Crippen molar-refractivity contribution in [3.05, 3.63) is 35.4 Å². The van der Waals surface area contributed by atoms with Gasteiger partial charge in [-0.1, -0.05) is 44.5 Å². The summed E-state index contributed by atoms with van der Waals surface area (Å²) in [4.78, 5) is 2.64. The fourth-order valence-electron chi connectivity index (χ4n) is 3.33. The number of benzene rings is 1. The molecule has 1 aliphatic heterocycles. The number of rotatable bonds is 6. The van der Waals surface area contributed by atoms with Crippen LogP contribution in [0.3, 0.4) is 0 Å². The molecule has 1 fully saturated rings. The van der Waals surface area contributed by atoms with Crippen LogP contribution in [0.15, 0.2) is 24.3 Å². The second-order valence-electron chi connectivity index (χ2n) is 6.67. The molecule has 0 aromatic heterocycles. The fourth-order valence-corrected chi connectivity index (χ4v) is 3.33. The smallest absolute Gasteiger partial charge is 0.0446 e. The van der Waals surface area contributed by atoms with Gasteiger partial charge in [0.05, 0.1) is 0 Å². The lowest BCUT2D eigenvalue weighted by Gasteiger charge is -2.26. The van der Waals surface area contributed by atoms with Crippen molar-refractivity contribution < 1.29 is 0 Å². The zero-order chi connectivity index (χ0) is 15.1. The van der Waals surface area contributed by atoms with Crippen LogP contribution in [0.5, 0.6) is 0 Å². The molecule has 1 aliphatic rings. The van der Waals surface area contributed by atoms with E-state index < -0.39 is 0 Å². The second-order valence-corrected chi connectivity index (χ2v) is 6.67. The number of likely N-dealkylation sites (N-methyl/N-ethyl adjacent to an activating group) is 1. The molecule has 1 N–H and O–H groups in total. The number of hydrogen-bond donors (Lipinski definition) is 1. The summed E-state index contributed by atoms with van der Waals surface area (Å²) in [6, 6.07) is 9.68. The van der Waals surface area contributed by atoms with Gasteiger partial charge in [0.15, 0.2) is 0 Å². The van der Waals surface area contributed by atoms with Crippen LogP contribution in [0.4, 0.5) is 0 Å². The van der Waals surface area contributed by atoms with Gasteiger partial charge in [0.1, 0.15) is 0 Å². The molecule has 0 bridgehead atoms. The average molecular weight is 288 g/mol. The lowest BCUT2D eigenvalue weighted by molar-refractivity contribution is 0.253. The Hall–Kier alpha value is -0.860. The van der Waals surface area contributed by atoms with Gasteiger partial charge < -0.3 is 10.2 Å². The van der Waals surface area contributed by atoms with E-state index in [2.05, 4.69) is 55.4 Å². The highest BCUT2D eigenvalue weighted by molar-refractivity contribution is 5.25. The Morgan fingerprint density at radius 2 is 1.95 bits per heavy atom. The van der Waals surface area contributed by atoms with E-state index in [-0.39, 0.29) is 0 Å². The molecular weight excluding hydrogens is 256 g/mol. The number of likely N-dealkylation sites (tertiary alicyclic amines) is 1. The molecule has 2 rings (SSSR count). The third-order valence-corrected chi connectivity index (χ3v) is 4.82. The molecule has 1 saturated heterocycles. The minimum absolute atomic E-state index is 0.453. The minimum Gasteiger partial charge on any atom is -0.312 e. The van der Waals surface area contributed by atoms with Crippen molar-refractivity contribution >= 4 is 0 Å². The predicted molar refractivity (Wildman–Crippen MR) is 91.7 cm³/mol. The summed E-state index contributed by atoms with van der Waals surface area (Å²) < 4.78 is 0. The quantitative estimate of drug-likeness (QED) is 0.850. The molecular formula is C19H32N2. The third-order valence-electron chi connectivity index (χ3n) is 4.82. The summed E-state index contributed by atoms with van der Waals surface area (Å²) in [7, 11) is 2.09. The van der Waals surface area contributed by atoms with Gasteiger partial charge in [0, 0.05) is 12.6 Å². The van der Waals surface area contributed by atoms with Gasteiger partial charge in [0.25, 0.3) is 0 Å². The van der Waals surface area contributed by atoms with Crippen LogP contribution in [0.25, 0.3) is 0 Å². The Morgan fingerprint density at radius 1 is 1.19 bits per heavy atom. The van der Waals surface area contributed by atoms with E-state index in [9.17, 15) is 0 Å². The van der Waals surface area contributed by atoms with Crippen molar-refractivity contribution in [3.63, 3.8) is 0 Å². The van der Waals surface area contributed by atoms with E-state index in [4.69, 9.17) is 0 Å². The van der Waals surface area contributed by atoms with Crippen LogP contribution in [-0.2, 0) is 6.42 Å². The standard InChI is InChI=1S/C19H32N2/c1-4-6-17-8-10-18(11-9-17)19(20-3)15-21-13-5-7-16(2)12-14-21/h8-11,16,19-20H,4-7,12-15H2,1-3H3. The summed E-state index contributed by atoms with van der Waals surface area (Å²) >= 11 is 0. The van der Waals surface area contributed by atoms with E-state index in [0.29, 0.717) is 6.04 Å². The van der Waals surface area contributed by atoms with Gasteiger partial charge in [-0.2, -0.15) is 0 Å². The van der Waals surface area contributed by atoms with Crippen molar-refractivity contribution in [2.45, 2.75) is 52.0 Å². The molecule has 118 valence electrons. The first-order chi connectivity index (χ1) is 10.2. The molecule has 2 heteroatoms. The Bertz CT molecular complexity index is 399. The van der Waals surface area contributed by atoms with E-state index in [0.717, 1.165) is 12.5 Å². The van der Waals surface area contributed by atoms with Gasteiger partial charge in [-0.05, 0) is 62.9 Å². The van der Waals surface area contributed by atoms with Crippen molar-refractivity contribution in [2.75, 3.05) is 26.7 Å². The minimum atomic E-state index is 0.453. The van der Waals surface area contributed by atoms with E-state index >= 15 is 0 Å². The normalized spacial score (nSPS) is 22.0. The first-order valence-corrected chi connectivity index (χ1v) is 8.71. The molecule has 1 aromatic carbocycles. The van der Waals surface area contributed by atoms with Crippen molar-refractivity contribution in [1.82, 2.24) is 10.2 Å². The van der Waals surface area contributed by atoms with Gasteiger partial charge >= 0.3 is 0 Å². The summed E-state index contributed by atoms with van der Waals surface area (Å²) in [5.41, 5.74) is 2.88. The topological polar surface area (TPSA) is 15.3 Å². The highest BCUT2D eigenvalue weighted by Crippen LogP contribution is 2.20. The van der Waals surface area contributed by atoms with Crippen LogP contribution in [0, 0.1) is 5.92 Å². The summed E-state index contributed by atoms with van der Waals surface area (Å²) in [6.07, 6.45) is 6.51. The first-order valence-electron chi connectivity index (χ1n) is 8.71. The van der Waals surface area contributed by atoms with Gasteiger partial charge in [-0.15, -0.1) is 0 Å². The third kappa shape index (κ3) is 5.12. The molecule has 2 nitrogen and oxygen atoms in total. The molecule has 0 saturated carbocycles. The maximum atomic E-state index is 3.51. The zero-order valence-electron chi connectivity index (χ0n) is 14.1. The zero-order valence-corrected chi connectivity index (χ0v) is 14.1. The van der Waals surface area contributed by atoms with Crippen LogP contribution < -0.4 is 5.32 Å². The molecule has 1 aromatic rings. The lowest BCUT2D eigenvalue weighted by Crippen LogP contribution is -2.34. The number of nitrogens with one attached hydrogen (secondary N) is 1. The Balaban J connectivity index is 1.95. The molecule has 0 amide bonds. The van der Waals surface area contributed by atoms with Crippen molar-refractivity contribution in [2.24, 2.45) is 5.92 Å². The highest BCUT2D eigenvalue weighted by Gasteiger charge is 2.18. The molecule has 0 aliphatic carbocycles. The molecule has 2 unspecified atom stereocenters. The highest BCUT2D eigenvalue weighted by atomic mass is 15.1.